The average Bonchev–Trinajstić information content (AvgIpc) is 2.68. The molecule has 0 spiro atoms. The zero-order chi connectivity index (χ0) is 19.7. The van der Waals surface area contributed by atoms with Gasteiger partial charge in [-0.3, -0.25) is 4.79 Å². The third-order valence-electron chi connectivity index (χ3n) is 6.59. The second-order valence-electron chi connectivity index (χ2n) is 9.56. The second-order valence-corrected chi connectivity index (χ2v) is 9.56. The minimum absolute atomic E-state index is 0.0122. The lowest BCUT2D eigenvalue weighted by atomic mass is 9.84. The van der Waals surface area contributed by atoms with Gasteiger partial charge in [0.15, 0.2) is 0 Å². The molecule has 27 heavy (non-hydrogen) atoms. The fourth-order valence-corrected chi connectivity index (χ4v) is 4.33. The van der Waals surface area contributed by atoms with E-state index in [1.165, 1.54) is 51.4 Å². The summed E-state index contributed by atoms with van der Waals surface area (Å²) in [4.78, 5) is 12.1. The molecule has 2 aliphatic rings. The molecule has 1 N–H and O–H groups in total. The Morgan fingerprint density at radius 2 is 1.52 bits per heavy atom. The van der Waals surface area contributed by atoms with E-state index >= 15 is 0 Å². The molecular weight excluding hydrogens is 340 g/mol. The number of carbonyl (C=O) groups excluding carboxylic acids is 1. The van der Waals surface area contributed by atoms with Gasteiger partial charge in [-0.1, -0.05) is 32.6 Å². The summed E-state index contributed by atoms with van der Waals surface area (Å²) in [5, 5.41) is 9.28. The van der Waals surface area contributed by atoms with Crippen molar-refractivity contribution in [1.29, 1.82) is 0 Å². The zero-order valence-corrected chi connectivity index (χ0v) is 17.9. The largest absolute Gasteiger partial charge is 0.462 e. The Morgan fingerprint density at radius 1 is 0.926 bits per heavy atom. The number of unbranched alkanes of at least 4 members (excludes halogenated alkanes) is 2. The van der Waals surface area contributed by atoms with Gasteiger partial charge >= 0.3 is 5.97 Å². The van der Waals surface area contributed by atoms with E-state index in [9.17, 15) is 9.90 Å². The molecule has 2 fully saturated rings. The van der Waals surface area contributed by atoms with Gasteiger partial charge in [0, 0.05) is 6.61 Å². The van der Waals surface area contributed by atoms with Gasteiger partial charge in [0.25, 0.3) is 0 Å². The Labute approximate surface area is 166 Å². The van der Waals surface area contributed by atoms with Crippen molar-refractivity contribution in [1.82, 2.24) is 0 Å². The van der Waals surface area contributed by atoms with Crippen molar-refractivity contribution in [3.8, 4) is 0 Å². The molecule has 4 heteroatoms. The topological polar surface area (TPSA) is 55.8 Å². The molecule has 0 unspecified atom stereocenters. The number of aliphatic hydroxyl groups is 1. The van der Waals surface area contributed by atoms with Crippen LogP contribution in [0.25, 0.3) is 0 Å². The van der Waals surface area contributed by atoms with Gasteiger partial charge in [0.05, 0.1) is 18.1 Å². The van der Waals surface area contributed by atoms with Crippen LogP contribution in [0.2, 0.25) is 0 Å². The number of hydrogen-bond acceptors (Lipinski definition) is 4. The standard InChI is InChI=1S/C23H42O4/c1-4-5-6-7-18-8-12-20(13-9-18)26-16-19-10-14-21(15-11-19)27-22(25)23(2,3)17-24/h18-21,24H,4-17H2,1-3H3. The highest BCUT2D eigenvalue weighted by Crippen LogP contribution is 2.32. The molecule has 0 aromatic rings. The predicted octanol–water partition coefficient (Wildman–Crippen LogP) is 5.26. The molecule has 2 saturated carbocycles. The van der Waals surface area contributed by atoms with Crippen molar-refractivity contribution >= 4 is 5.97 Å². The van der Waals surface area contributed by atoms with Crippen molar-refractivity contribution in [2.24, 2.45) is 17.3 Å². The summed E-state index contributed by atoms with van der Waals surface area (Å²) in [5.74, 6) is 1.26. The molecule has 0 saturated heterocycles. The first kappa shape index (κ1) is 22.7. The highest BCUT2D eigenvalue weighted by molar-refractivity contribution is 5.76. The highest BCUT2D eigenvalue weighted by atomic mass is 16.5. The van der Waals surface area contributed by atoms with E-state index in [0.29, 0.717) is 12.0 Å². The van der Waals surface area contributed by atoms with Crippen molar-refractivity contribution in [2.75, 3.05) is 13.2 Å². The molecule has 2 aliphatic carbocycles. The third kappa shape index (κ3) is 7.73. The Morgan fingerprint density at radius 3 is 2.11 bits per heavy atom. The van der Waals surface area contributed by atoms with Crippen molar-refractivity contribution < 1.29 is 19.4 Å². The third-order valence-corrected chi connectivity index (χ3v) is 6.59. The molecule has 0 radical (unpaired) electrons. The van der Waals surface area contributed by atoms with E-state index in [0.717, 1.165) is 38.2 Å². The zero-order valence-electron chi connectivity index (χ0n) is 17.9. The minimum atomic E-state index is -0.796. The first-order valence-electron chi connectivity index (χ1n) is 11.4. The molecular formula is C23H42O4. The van der Waals surface area contributed by atoms with Gasteiger partial charge in [0.2, 0.25) is 0 Å². The molecule has 0 amide bonds. The van der Waals surface area contributed by atoms with Crippen molar-refractivity contribution in [3.05, 3.63) is 0 Å². The number of ether oxygens (including phenoxy) is 2. The fourth-order valence-electron chi connectivity index (χ4n) is 4.33. The lowest BCUT2D eigenvalue weighted by Gasteiger charge is -2.33. The molecule has 4 nitrogen and oxygen atoms in total. The van der Waals surface area contributed by atoms with Crippen molar-refractivity contribution in [2.45, 2.75) is 110 Å². The Hall–Kier alpha value is -0.610. The van der Waals surface area contributed by atoms with Gasteiger partial charge in [-0.15, -0.1) is 0 Å². The first-order chi connectivity index (χ1) is 12.9. The van der Waals surface area contributed by atoms with Crippen LogP contribution in [0.3, 0.4) is 0 Å². The van der Waals surface area contributed by atoms with Crippen LogP contribution in [-0.2, 0) is 14.3 Å². The number of esters is 1. The van der Waals surface area contributed by atoms with E-state index in [4.69, 9.17) is 9.47 Å². The molecule has 0 aromatic carbocycles. The molecule has 0 aromatic heterocycles. The first-order valence-corrected chi connectivity index (χ1v) is 11.4. The Kier molecular flexibility index (Phi) is 9.58. The van der Waals surface area contributed by atoms with Crippen LogP contribution in [0.5, 0.6) is 0 Å². The average molecular weight is 383 g/mol. The van der Waals surface area contributed by atoms with Crippen LogP contribution >= 0.6 is 0 Å². The molecule has 0 heterocycles. The van der Waals surface area contributed by atoms with Gasteiger partial charge in [-0.05, 0) is 77.0 Å². The van der Waals surface area contributed by atoms with Crippen LogP contribution in [0.15, 0.2) is 0 Å². The molecule has 0 bridgehead atoms. The van der Waals surface area contributed by atoms with Gasteiger partial charge in [-0.2, -0.15) is 0 Å². The lowest BCUT2D eigenvalue weighted by molar-refractivity contribution is -0.164. The fraction of sp³-hybridized carbons (Fsp3) is 0.957. The maximum atomic E-state index is 12.1. The van der Waals surface area contributed by atoms with E-state index < -0.39 is 5.41 Å². The Bertz CT molecular complexity index is 418. The summed E-state index contributed by atoms with van der Waals surface area (Å²) < 4.78 is 11.8. The lowest BCUT2D eigenvalue weighted by Crippen LogP contribution is -2.35. The molecule has 0 aliphatic heterocycles. The monoisotopic (exact) mass is 382 g/mol. The quantitative estimate of drug-likeness (QED) is 0.413. The summed E-state index contributed by atoms with van der Waals surface area (Å²) in [6.45, 7) is 6.43. The van der Waals surface area contributed by atoms with E-state index in [-0.39, 0.29) is 18.7 Å². The minimum Gasteiger partial charge on any atom is -0.462 e. The van der Waals surface area contributed by atoms with Crippen LogP contribution < -0.4 is 0 Å². The summed E-state index contributed by atoms with van der Waals surface area (Å²) in [6.07, 6.45) is 15.1. The van der Waals surface area contributed by atoms with E-state index in [1.54, 1.807) is 13.8 Å². The second kappa shape index (κ2) is 11.4. The van der Waals surface area contributed by atoms with Crippen LogP contribution in [0.4, 0.5) is 0 Å². The maximum Gasteiger partial charge on any atom is 0.314 e. The smallest absolute Gasteiger partial charge is 0.314 e. The normalized spacial score (nSPS) is 29.5. The summed E-state index contributed by atoms with van der Waals surface area (Å²) in [6, 6.07) is 0. The number of hydrogen-bond donors (Lipinski definition) is 1. The Balaban J connectivity index is 1.57. The summed E-state index contributed by atoms with van der Waals surface area (Å²) in [7, 11) is 0. The van der Waals surface area contributed by atoms with Crippen molar-refractivity contribution in [3.63, 3.8) is 0 Å². The van der Waals surface area contributed by atoms with E-state index in [1.807, 2.05) is 0 Å². The summed E-state index contributed by atoms with van der Waals surface area (Å²) >= 11 is 0. The van der Waals surface area contributed by atoms with Gasteiger partial charge in [-0.25, -0.2) is 0 Å². The summed E-state index contributed by atoms with van der Waals surface area (Å²) in [5.41, 5.74) is -0.796. The maximum absolute atomic E-state index is 12.1. The number of carbonyl (C=O) groups is 1. The van der Waals surface area contributed by atoms with E-state index in [2.05, 4.69) is 6.92 Å². The van der Waals surface area contributed by atoms with Gasteiger partial charge in [0.1, 0.15) is 6.10 Å². The molecule has 2 rings (SSSR count). The molecule has 0 atom stereocenters. The predicted molar refractivity (Wildman–Crippen MR) is 109 cm³/mol. The van der Waals surface area contributed by atoms with Crippen LogP contribution in [-0.4, -0.2) is 36.5 Å². The molecule has 158 valence electrons. The number of aliphatic hydroxyl groups excluding tert-OH is 1. The van der Waals surface area contributed by atoms with Crippen LogP contribution in [0.1, 0.15) is 97.8 Å². The highest BCUT2D eigenvalue weighted by Gasteiger charge is 2.32. The van der Waals surface area contributed by atoms with Gasteiger partial charge < -0.3 is 14.6 Å². The van der Waals surface area contributed by atoms with Crippen LogP contribution in [0, 0.1) is 17.3 Å². The SMILES string of the molecule is CCCCCC1CCC(OCC2CCC(OC(=O)C(C)(C)CO)CC2)CC1. The number of rotatable bonds is 10.